The molecule has 3 heterocycles. The second kappa shape index (κ2) is 5.61. The Kier molecular flexibility index (Phi) is 3.84. The molecule has 0 aromatic carbocycles. The number of halogens is 1. The predicted molar refractivity (Wildman–Crippen MR) is 85.2 cm³/mol. The van der Waals surface area contributed by atoms with Gasteiger partial charge in [0.05, 0.1) is 14.9 Å². The van der Waals surface area contributed by atoms with Crippen molar-refractivity contribution in [3.63, 3.8) is 0 Å². The molecule has 3 aromatic heterocycles. The quantitative estimate of drug-likeness (QED) is 0.760. The van der Waals surface area contributed by atoms with Crippen molar-refractivity contribution in [1.82, 2.24) is 9.97 Å². The number of thiophene rings is 1. The number of nitrogens with one attached hydrogen (secondary N) is 1. The summed E-state index contributed by atoms with van der Waals surface area (Å²) < 4.78 is 0.708. The molecule has 0 aliphatic rings. The molecule has 0 radical (unpaired) electrons. The summed E-state index contributed by atoms with van der Waals surface area (Å²) in [5.74, 6) is -0.246. The van der Waals surface area contributed by atoms with Crippen molar-refractivity contribution in [3.8, 4) is 9.88 Å². The van der Waals surface area contributed by atoms with Crippen LogP contribution >= 0.6 is 45.6 Å². The van der Waals surface area contributed by atoms with E-state index in [1.807, 2.05) is 24.4 Å². The summed E-state index contributed by atoms with van der Waals surface area (Å²) in [6, 6.07) is 3.72. The van der Waals surface area contributed by atoms with Gasteiger partial charge >= 0.3 is 0 Å². The van der Waals surface area contributed by atoms with Crippen LogP contribution in [0.4, 0.5) is 5.13 Å². The molecule has 0 saturated heterocycles. The van der Waals surface area contributed by atoms with Gasteiger partial charge < -0.3 is 0 Å². The number of carbonyl (C=O) groups is 1. The molecule has 0 aliphatic carbocycles. The monoisotopic (exact) mass is 341 g/mol. The van der Waals surface area contributed by atoms with Crippen LogP contribution in [0.15, 0.2) is 22.9 Å². The Labute approximate surface area is 132 Å². The second-order valence-electron chi connectivity index (χ2n) is 3.89. The lowest BCUT2D eigenvalue weighted by molar-refractivity contribution is 0.102. The third-order valence-electron chi connectivity index (χ3n) is 2.36. The number of aryl methyl sites for hydroxylation is 1. The van der Waals surface area contributed by atoms with E-state index in [1.165, 1.54) is 34.0 Å². The second-order valence-corrected chi connectivity index (χ2v) is 7.32. The highest BCUT2D eigenvalue weighted by atomic mass is 35.5. The van der Waals surface area contributed by atoms with E-state index in [4.69, 9.17) is 11.6 Å². The summed E-state index contributed by atoms with van der Waals surface area (Å²) in [5.41, 5.74) is 1.28. The number of carbonyl (C=O) groups excluding carboxylic acids is 1. The van der Waals surface area contributed by atoms with Gasteiger partial charge in [0.15, 0.2) is 5.13 Å². The van der Waals surface area contributed by atoms with Crippen molar-refractivity contribution in [2.45, 2.75) is 6.92 Å². The topological polar surface area (TPSA) is 54.9 Å². The molecule has 4 nitrogen and oxygen atoms in total. The number of hydrogen-bond donors (Lipinski definition) is 1. The van der Waals surface area contributed by atoms with E-state index in [2.05, 4.69) is 15.3 Å². The van der Waals surface area contributed by atoms with Crippen molar-refractivity contribution >= 4 is 56.7 Å². The molecule has 3 aromatic rings. The van der Waals surface area contributed by atoms with Gasteiger partial charge in [-0.1, -0.05) is 11.6 Å². The van der Waals surface area contributed by atoms with E-state index in [-0.39, 0.29) is 5.91 Å². The maximum absolute atomic E-state index is 12.1. The number of anilines is 1. The lowest BCUT2D eigenvalue weighted by Crippen LogP contribution is -2.12. The van der Waals surface area contributed by atoms with Crippen molar-refractivity contribution in [1.29, 1.82) is 0 Å². The maximum Gasteiger partial charge on any atom is 0.276 e. The van der Waals surface area contributed by atoms with E-state index >= 15 is 0 Å². The molecule has 0 spiro atoms. The molecular weight excluding hydrogens is 334 g/mol. The van der Waals surface area contributed by atoms with Crippen LogP contribution in [0, 0.1) is 6.92 Å². The standard InChI is InChI=1S/C12H8ClN3OS3/c1-6-4-19-12(14-6)16-10(17)7-5-18-11(15-7)8-2-3-9(13)20-8/h2-5H,1H3,(H,14,16,17). The highest BCUT2D eigenvalue weighted by Gasteiger charge is 2.14. The smallest absolute Gasteiger partial charge is 0.276 e. The molecule has 0 aliphatic heterocycles. The third kappa shape index (κ3) is 2.90. The molecule has 1 amide bonds. The van der Waals surface area contributed by atoms with E-state index in [0.717, 1.165) is 15.6 Å². The summed E-state index contributed by atoms with van der Waals surface area (Å²) in [5, 5.41) is 7.74. The van der Waals surface area contributed by atoms with Gasteiger partial charge in [0, 0.05) is 10.8 Å². The molecule has 3 rings (SSSR count). The fraction of sp³-hybridized carbons (Fsp3) is 0.0833. The van der Waals surface area contributed by atoms with Crippen LogP contribution in [-0.4, -0.2) is 15.9 Å². The van der Waals surface area contributed by atoms with Crippen LogP contribution in [0.5, 0.6) is 0 Å². The molecular formula is C12H8ClN3OS3. The van der Waals surface area contributed by atoms with Gasteiger partial charge in [-0.25, -0.2) is 9.97 Å². The Bertz CT molecular complexity index is 761. The Morgan fingerprint density at radius 3 is 2.75 bits per heavy atom. The van der Waals surface area contributed by atoms with Crippen molar-refractivity contribution < 1.29 is 4.79 Å². The average Bonchev–Trinajstić information content (AvgIpc) is 3.10. The van der Waals surface area contributed by atoms with Gasteiger partial charge in [0.1, 0.15) is 10.7 Å². The minimum atomic E-state index is -0.246. The third-order valence-corrected chi connectivity index (χ3v) is 5.48. The molecule has 0 unspecified atom stereocenters. The lowest BCUT2D eigenvalue weighted by atomic mass is 10.4. The van der Waals surface area contributed by atoms with Gasteiger partial charge in [0.25, 0.3) is 5.91 Å². The molecule has 0 fully saturated rings. The molecule has 0 saturated carbocycles. The van der Waals surface area contributed by atoms with Crippen molar-refractivity contribution in [2.75, 3.05) is 5.32 Å². The van der Waals surface area contributed by atoms with E-state index in [0.29, 0.717) is 15.2 Å². The van der Waals surface area contributed by atoms with Crippen LogP contribution in [0.2, 0.25) is 4.34 Å². The summed E-state index contributed by atoms with van der Waals surface area (Å²) in [7, 11) is 0. The Morgan fingerprint density at radius 1 is 1.25 bits per heavy atom. The molecule has 1 N–H and O–H groups in total. The van der Waals surface area contributed by atoms with Crippen LogP contribution in [0.3, 0.4) is 0 Å². The fourth-order valence-electron chi connectivity index (χ4n) is 1.49. The van der Waals surface area contributed by atoms with Crippen LogP contribution in [0.25, 0.3) is 9.88 Å². The van der Waals surface area contributed by atoms with E-state index in [1.54, 1.807) is 5.38 Å². The van der Waals surface area contributed by atoms with E-state index in [9.17, 15) is 4.79 Å². The number of hydrogen-bond acceptors (Lipinski definition) is 6. The van der Waals surface area contributed by atoms with Crippen molar-refractivity contribution in [3.05, 3.63) is 38.6 Å². The Balaban J connectivity index is 1.78. The molecule has 20 heavy (non-hydrogen) atoms. The minimum Gasteiger partial charge on any atom is -0.296 e. The summed E-state index contributed by atoms with van der Waals surface area (Å²) in [6.07, 6.45) is 0. The maximum atomic E-state index is 12.1. The van der Waals surface area contributed by atoms with Gasteiger partial charge in [-0.05, 0) is 19.1 Å². The number of rotatable bonds is 3. The first-order valence-corrected chi connectivity index (χ1v) is 8.52. The molecule has 0 bridgehead atoms. The largest absolute Gasteiger partial charge is 0.296 e. The van der Waals surface area contributed by atoms with Crippen LogP contribution in [-0.2, 0) is 0 Å². The first kappa shape index (κ1) is 13.7. The van der Waals surface area contributed by atoms with E-state index < -0.39 is 0 Å². The Morgan fingerprint density at radius 2 is 2.10 bits per heavy atom. The zero-order valence-corrected chi connectivity index (χ0v) is 13.4. The lowest BCUT2D eigenvalue weighted by Gasteiger charge is -1.96. The molecule has 0 atom stereocenters. The summed E-state index contributed by atoms with van der Waals surface area (Å²) in [6.45, 7) is 1.88. The normalized spacial score (nSPS) is 10.7. The number of amides is 1. The first-order chi connectivity index (χ1) is 9.61. The Hall–Kier alpha value is -1.28. The van der Waals surface area contributed by atoms with Crippen LogP contribution in [0.1, 0.15) is 16.2 Å². The number of thiazole rings is 2. The van der Waals surface area contributed by atoms with Gasteiger partial charge in [-0.15, -0.1) is 34.0 Å². The van der Waals surface area contributed by atoms with Crippen molar-refractivity contribution in [2.24, 2.45) is 0 Å². The zero-order chi connectivity index (χ0) is 14.1. The summed E-state index contributed by atoms with van der Waals surface area (Å²) >= 11 is 10.2. The van der Waals surface area contributed by atoms with Crippen LogP contribution < -0.4 is 5.32 Å². The molecule has 8 heteroatoms. The minimum absolute atomic E-state index is 0.246. The van der Waals surface area contributed by atoms with Gasteiger partial charge in [-0.2, -0.15) is 0 Å². The fourth-order valence-corrected chi connectivity index (χ4v) is 4.09. The number of nitrogens with zero attached hydrogens (tertiary/aromatic N) is 2. The first-order valence-electron chi connectivity index (χ1n) is 5.56. The number of aromatic nitrogens is 2. The highest BCUT2D eigenvalue weighted by Crippen LogP contribution is 2.33. The van der Waals surface area contributed by atoms with Gasteiger partial charge in [0.2, 0.25) is 0 Å². The average molecular weight is 342 g/mol. The predicted octanol–water partition coefficient (Wildman–Crippen LogP) is 4.54. The SMILES string of the molecule is Cc1csc(NC(=O)c2csc(-c3ccc(Cl)s3)n2)n1. The summed E-state index contributed by atoms with van der Waals surface area (Å²) in [4.78, 5) is 21.5. The van der Waals surface area contributed by atoms with Gasteiger partial charge in [-0.3, -0.25) is 10.1 Å². The highest BCUT2D eigenvalue weighted by molar-refractivity contribution is 7.23. The zero-order valence-electron chi connectivity index (χ0n) is 10.2. The molecule has 102 valence electrons.